The average molecular weight is 493 g/mol. The van der Waals surface area contributed by atoms with Gasteiger partial charge in [0, 0.05) is 23.4 Å². The molecule has 182 valence electrons. The summed E-state index contributed by atoms with van der Waals surface area (Å²) in [4.78, 5) is 19.0. The topological polar surface area (TPSA) is 75.1 Å². The minimum Gasteiger partial charge on any atom is -0.543 e. The Morgan fingerprint density at radius 2 is 1.71 bits per heavy atom. The fourth-order valence-corrected chi connectivity index (χ4v) is 3.80. The number of alkyl halides is 3. The van der Waals surface area contributed by atoms with E-state index in [0.29, 0.717) is 48.7 Å². The summed E-state index contributed by atoms with van der Waals surface area (Å²) in [7, 11) is 0. The van der Waals surface area contributed by atoms with Crippen molar-refractivity contribution in [3.8, 4) is 5.88 Å². The molecular weight excluding hydrogens is 478 g/mol. The Morgan fingerprint density at radius 1 is 1.00 bits per heavy atom. The summed E-state index contributed by atoms with van der Waals surface area (Å²) < 4.78 is 86.5. The van der Waals surface area contributed by atoms with Crippen LogP contribution in [0.2, 0.25) is 0 Å². The van der Waals surface area contributed by atoms with E-state index in [-0.39, 0.29) is 28.4 Å². The Hall–Kier alpha value is -3.89. The first kappa shape index (κ1) is 24.2. The molecular formula is C24H15F6N2O3-. The van der Waals surface area contributed by atoms with Gasteiger partial charge in [-0.15, -0.1) is 0 Å². The van der Waals surface area contributed by atoms with Crippen molar-refractivity contribution in [3.05, 3.63) is 88.1 Å². The Labute approximate surface area is 194 Å². The number of hydrogen-bond acceptors (Lipinski definition) is 5. The smallest absolute Gasteiger partial charge is 0.417 e. The number of nitrogens with zero attached hydrogens (tertiary/aromatic N) is 2. The zero-order valence-electron chi connectivity index (χ0n) is 17.8. The molecule has 0 unspecified atom stereocenters. The fraction of sp³-hybridized carbons (Fsp3) is 0.208. The highest BCUT2D eigenvalue weighted by molar-refractivity contribution is 5.94. The summed E-state index contributed by atoms with van der Waals surface area (Å²) in [5.74, 6) is -5.60. The van der Waals surface area contributed by atoms with Crippen LogP contribution in [0.15, 0.2) is 42.6 Å². The van der Waals surface area contributed by atoms with E-state index < -0.39 is 41.8 Å². The number of pyridine rings is 2. The van der Waals surface area contributed by atoms with Crippen LogP contribution in [0, 0.1) is 17.5 Å². The molecule has 2 aromatic heterocycles. The van der Waals surface area contributed by atoms with Gasteiger partial charge in [0.2, 0.25) is 5.88 Å². The van der Waals surface area contributed by atoms with Gasteiger partial charge in [0.1, 0.15) is 12.4 Å². The van der Waals surface area contributed by atoms with E-state index in [1.165, 1.54) is 18.2 Å². The molecule has 0 saturated carbocycles. The second-order valence-corrected chi connectivity index (χ2v) is 7.73. The lowest BCUT2D eigenvalue weighted by Crippen LogP contribution is -2.23. The molecule has 1 aromatic carbocycles. The molecule has 3 aromatic rings. The number of carboxylic acid groups (broad SMARTS) is 1. The summed E-state index contributed by atoms with van der Waals surface area (Å²) in [5.41, 5.74) is -0.668. The summed E-state index contributed by atoms with van der Waals surface area (Å²) in [6.45, 7) is -0.630. The Kier molecular flexibility index (Phi) is 6.51. The molecule has 0 bridgehead atoms. The number of rotatable bonds is 6. The zero-order valence-corrected chi connectivity index (χ0v) is 17.8. The number of carbonyl (C=O) groups is 1. The van der Waals surface area contributed by atoms with E-state index in [0.717, 1.165) is 6.07 Å². The second kappa shape index (κ2) is 9.40. The Morgan fingerprint density at radius 3 is 2.43 bits per heavy atom. The lowest BCUT2D eigenvalue weighted by Gasteiger charge is -2.16. The van der Waals surface area contributed by atoms with Crippen molar-refractivity contribution in [1.29, 1.82) is 0 Å². The fourth-order valence-electron chi connectivity index (χ4n) is 3.80. The van der Waals surface area contributed by atoms with Gasteiger partial charge in [-0.25, -0.2) is 23.1 Å². The molecule has 0 aliphatic heterocycles. The van der Waals surface area contributed by atoms with Crippen LogP contribution < -0.4 is 9.84 Å². The summed E-state index contributed by atoms with van der Waals surface area (Å²) >= 11 is 0. The number of carboxylic acids is 1. The van der Waals surface area contributed by atoms with Crippen LogP contribution in [0.1, 0.15) is 52.1 Å². The van der Waals surface area contributed by atoms with Gasteiger partial charge in [-0.2, -0.15) is 13.2 Å². The van der Waals surface area contributed by atoms with Crippen molar-refractivity contribution in [2.24, 2.45) is 0 Å². The first-order chi connectivity index (χ1) is 16.5. The molecule has 0 saturated heterocycles. The Balaban J connectivity index is 1.79. The number of aromatic carboxylic acids is 1. The highest BCUT2D eigenvalue weighted by Gasteiger charge is 2.33. The van der Waals surface area contributed by atoms with Crippen molar-refractivity contribution >= 4 is 17.1 Å². The third-order valence-corrected chi connectivity index (χ3v) is 5.44. The van der Waals surface area contributed by atoms with Crippen LogP contribution in [0.3, 0.4) is 0 Å². The first-order valence-corrected chi connectivity index (χ1v) is 10.3. The van der Waals surface area contributed by atoms with Crippen LogP contribution in [0.5, 0.6) is 5.88 Å². The van der Waals surface area contributed by atoms with Gasteiger partial charge in [-0.3, -0.25) is 0 Å². The van der Waals surface area contributed by atoms with E-state index >= 15 is 0 Å². The molecule has 0 fully saturated rings. The van der Waals surface area contributed by atoms with Crippen LogP contribution in [0.4, 0.5) is 26.3 Å². The lowest BCUT2D eigenvalue weighted by atomic mass is 9.99. The Bertz CT molecular complexity index is 1340. The van der Waals surface area contributed by atoms with E-state index in [1.54, 1.807) is 0 Å². The van der Waals surface area contributed by atoms with Gasteiger partial charge in [-0.1, -0.05) is 6.07 Å². The number of aromatic nitrogens is 2. The lowest BCUT2D eigenvalue weighted by molar-refractivity contribution is -0.255. The minimum absolute atomic E-state index is 0.0454. The standard InChI is InChI=1S/C24H16F6N2O3/c25-17-9-19(27)18(26)7-12(17)11-35-22-16(8-13(10-31-22)24(28,29)30)14-3-1-4-15(14)20-5-2-6-21(32-20)23(33)34/h2,5-10H,1,3-4,11H2,(H,33,34)/p-1. The molecule has 1 aliphatic rings. The molecule has 0 radical (unpaired) electrons. The van der Waals surface area contributed by atoms with Gasteiger partial charge in [0.05, 0.1) is 22.9 Å². The molecule has 1 aliphatic carbocycles. The van der Waals surface area contributed by atoms with Crippen LogP contribution in [-0.4, -0.2) is 15.9 Å². The van der Waals surface area contributed by atoms with Crippen LogP contribution in [0.25, 0.3) is 11.1 Å². The molecule has 0 spiro atoms. The molecule has 35 heavy (non-hydrogen) atoms. The summed E-state index contributed by atoms with van der Waals surface area (Å²) in [6.07, 6.45) is -2.93. The summed E-state index contributed by atoms with van der Waals surface area (Å²) in [6, 6.07) is 5.93. The SMILES string of the molecule is O=C([O-])c1cccc(C2=C(c3cc(C(F)(F)F)cnc3OCc3cc(F)c(F)cc3F)CCC2)n1. The number of allylic oxidation sites excluding steroid dienone is 2. The van der Waals surface area contributed by atoms with Crippen LogP contribution in [-0.2, 0) is 12.8 Å². The van der Waals surface area contributed by atoms with Crippen molar-refractivity contribution in [1.82, 2.24) is 9.97 Å². The van der Waals surface area contributed by atoms with E-state index in [4.69, 9.17) is 4.74 Å². The third kappa shape index (κ3) is 5.13. The van der Waals surface area contributed by atoms with Crippen molar-refractivity contribution < 1.29 is 41.0 Å². The maximum Gasteiger partial charge on any atom is 0.417 e. The predicted molar refractivity (Wildman–Crippen MR) is 109 cm³/mol. The van der Waals surface area contributed by atoms with Gasteiger partial charge >= 0.3 is 6.18 Å². The quantitative estimate of drug-likeness (QED) is 0.359. The monoisotopic (exact) mass is 493 g/mol. The highest BCUT2D eigenvalue weighted by atomic mass is 19.4. The van der Waals surface area contributed by atoms with E-state index in [2.05, 4.69) is 9.97 Å². The number of halogens is 6. The maximum absolute atomic E-state index is 14.0. The number of carbonyl (C=O) groups excluding carboxylic acids is 1. The molecule has 0 amide bonds. The molecule has 11 heteroatoms. The first-order valence-electron chi connectivity index (χ1n) is 10.3. The molecule has 5 nitrogen and oxygen atoms in total. The van der Waals surface area contributed by atoms with Crippen molar-refractivity contribution in [3.63, 3.8) is 0 Å². The van der Waals surface area contributed by atoms with Gasteiger partial charge in [-0.05, 0) is 54.7 Å². The van der Waals surface area contributed by atoms with Crippen LogP contribution >= 0.6 is 0 Å². The summed E-state index contributed by atoms with van der Waals surface area (Å²) in [5, 5.41) is 11.2. The van der Waals surface area contributed by atoms with Gasteiger partial charge in [0.15, 0.2) is 11.6 Å². The predicted octanol–water partition coefficient (Wildman–Crippen LogP) is 4.95. The normalized spacial score (nSPS) is 13.9. The number of ether oxygens (including phenoxy) is 1. The zero-order chi connectivity index (χ0) is 25.3. The minimum atomic E-state index is -4.72. The van der Waals surface area contributed by atoms with Gasteiger partial charge < -0.3 is 14.6 Å². The average Bonchev–Trinajstić information content (AvgIpc) is 3.30. The van der Waals surface area contributed by atoms with Crippen molar-refractivity contribution in [2.75, 3.05) is 0 Å². The second-order valence-electron chi connectivity index (χ2n) is 7.73. The molecule has 2 heterocycles. The maximum atomic E-state index is 14.0. The third-order valence-electron chi connectivity index (χ3n) is 5.44. The molecule has 0 atom stereocenters. The highest BCUT2D eigenvalue weighted by Crippen LogP contribution is 2.43. The number of benzene rings is 1. The molecule has 4 rings (SSSR count). The molecule has 0 N–H and O–H groups in total. The van der Waals surface area contributed by atoms with Crippen molar-refractivity contribution in [2.45, 2.75) is 32.0 Å². The van der Waals surface area contributed by atoms with E-state index in [9.17, 15) is 36.2 Å². The van der Waals surface area contributed by atoms with Gasteiger partial charge in [0.25, 0.3) is 0 Å². The number of hydrogen-bond donors (Lipinski definition) is 0. The largest absolute Gasteiger partial charge is 0.543 e. The van der Waals surface area contributed by atoms with E-state index in [1.807, 2.05) is 0 Å².